The number of nitrogens with zero attached hydrogens (tertiary/aromatic N) is 4. The molecule has 26 heavy (non-hydrogen) atoms. The van der Waals surface area contributed by atoms with Crippen molar-refractivity contribution in [1.29, 1.82) is 0 Å². The largest absolute Gasteiger partial charge is 0.481 e. The molecule has 3 aromatic rings. The highest BCUT2D eigenvalue weighted by Crippen LogP contribution is 2.26. The van der Waals surface area contributed by atoms with Crippen LogP contribution in [0.5, 0.6) is 5.75 Å². The molecule has 0 unspecified atom stereocenters. The number of ether oxygens (including phenoxy) is 1. The highest BCUT2D eigenvalue weighted by Gasteiger charge is 2.30. The van der Waals surface area contributed by atoms with Crippen LogP contribution in [0.4, 0.5) is 0 Å². The average Bonchev–Trinajstić information content (AvgIpc) is 3.12. The van der Waals surface area contributed by atoms with Gasteiger partial charge in [0, 0.05) is 25.2 Å². The fourth-order valence-corrected chi connectivity index (χ4v) is 3.54. The molecule has 3 heterocycles. The normalized spacial score (nSPS) is 18.7. The van der Waals surface area contributed by atoms with Gasteiger partial charge in [-0.2, -0.15) is 0 Å². The SMILES string of the molecule is C[C@H](Oc1ccccc1)C(=O)N1CCC[C@H](c2nnc3ccccn23)C1. The van der Waals surface area contributed by atoms with E-state index in [0.717, 1.165) is 30.9 Å². The summed E-state index contributed by atoms with van der Waals surface area (Å²) in [5.74, 6) is 1.85. The van der Waals surface area contributed by atoms with Crippen LogP contribution in [0.25, 0.3) is 5.65 Å². The summed E-state index contributed by atoms with van der Waals surface area (Å²) in [5, 5.41) is 8.61. The number of para-hydroxylation sites is 1. The number of piperidine rings is 1. The van der Waals surface area contributed by atoms with Crippen LogP contribution >= 0.6 is 0 Å². The van der Waals surface area contributed by atoms with Gasteiger partial charge in [0.05, 0.1) is 0 Å². The van der Waals surface area contributed by atoms with E-state index < -0.39 is 6.10 Å². The van der Waals surface area contributed by atoms with Crippen molar-refractivity contribution in [2.45, 2.75) is 31.8 Å². The number of rotatable bonds is 4. The molecular formula is C20H22N4O2. The molecule has 0 N–H and O–H groups in total. The van der Waals surface area contributed by atoms with Crippen molar-refractivity contribution >= 4 is 11.6 Å². The van der Waals surface area contributed by atoms with Gasteiger partial charge in [-0.3, -0.25) is 9.20 Å². The lowest BCUT2D eigenvalue weighted by atomic mass is 9.97. The Kier molecular flexibility index (Phi) is 4.56. The molecule has 1 aliphatic rings. The summed E-state index contributed by atoms with van der Waals surface area (Å²) in [5.41, 5.74) is 0.840. The number of hydrogen-bond donors (Lipinski definition) is 0. The molecule has 1 saturated heterocycles. The highest BCUT2D eigenvalue weighted by molar-refractivity contribution is 5.81. The Balaban J connectivity index is 1.47. The van der Waals surface area contributed by atoms with E-state index >= 15 is 0 Å². The third-order valence-corrected chi connectivity index (χ3v) is 4.84. The maximum atomic E-state index is 12.8. The maximum Gasteiger partial charge on any atom is 0.263 e. The van der Waals surface area contributed by atoms with Gasteiger partial charge < -0.3 is 9.64 Å². The van der Waals surface area contributed by atoms with Gasteiger partial charge in [-0.1, -0.05) is 24.3 Å². The number of carbonyl (C=O) groups excluding carboxylic acids is 1. The molecule has 1 fully saturated rings. The van der Waals surface area contributed by atoms with E-state index in [1.54, 1.807) is 0 Å². The molecule has 0 bridgehead atoms. The first kappa shape index (κ1) is 16.6. The molecule has 2 atom stereocenters. The van der Waals surface area contributed by atoms with Crippen molar-refractivity contribution in [3.8, 4) is 5.75 Å². The zero-order valence-corrected chi connectivity index (χ0v) is 14.8. The van der Waals surface area contributed by atoms with Crippen LogP contribution < -0.4 is 4.74 Å². The van der Waals surface area contributed by atoms with Gasteiger partial charge in [0.2, 0.25) is 0 Å². The van der Waals surface area contributed by atoms with E-state index in [1.807, 2.05) is 71.0 Å². The molecule has 1 amide bonds. The van der Waals surface area contributed by atoms with Crippen molar-refractivity contribution < 1.29 is 9.53 Å². The van der Waals surface area contributed by atoms with E-state index in [0.29, 0.717) is 12.3 Å². The molecule has 0 aliphatic carbocycles. The van der Waals surface area contributed by atoms with E-state index in [9.17, 15) is 4.79 Å². The smallest absolute Gasteiger partial charge is 0.263 e. The summed E-state index contributed by atoms with van der Waals surface area (Å²) in [7, 11) is 0. The minimum atomic E-state index is -0.508. The molecule has 134 valence electrons. The number of amides is 1. The molecule has 1 aliphatic heterocycles. The van der Waals surface area contributed by atoms with Crippen LogP contribution in [0.15, 0.2) is 54.7 Å². The molecule has 0 saturated carbocycles. The summed E-state index contributed by atoms with van der Waals surface area (Å²) >= 11 is 0. The van der Waals surface area contributed by atoms with Crippen LogP contribution in [0, 0.1) is 0 Å². The van der Waals surface area contributed by atoms with Crippen LogP contribution in [-0.2, 0) is 4.79 Å². The minimum absolute atomic E-state index is 0.0207. The van der Waals surface area contributed by atoms with Crippen LogP contribution in [0.1, 0.15) is 31.5 Å². The Morgan fingerprint density at radius 3 is 2.81 bits per heavy atom. The van der Waals surface area contributed by atoms with Crippen molar-refractivity contribution in [3.63, 3.8) is 0 Å². The minimum Gasteiger partial charge on any atom is -0.481 e. The number of pyridine rings is 1. The van der Waals surface area contributed by atoms with E-state index in [-0.39, 0.29) is 11.8 Å². The van der Waals surface area contributed by atoms with E-state index in [2.05, 4.69) is 10.2 Å². The lowest BCUT2D eigenvalue weighted by Gasteiger charge is -2.33. The van der Waals surface area contributed by atoms with E-state index in [1.165, 1.54) is 0 Å². The Bertz CT molecular complexity index is 893. The second kappa shape index (κ2) is 7.15. The molecule has 0 radical (unpaired) electrons. The first-order valence-electron chi connectivity index (χ1n) is 9.02. The highest BCUT2D eigenvalue weighted by atomic mass is 16.5. The molecular weight excluding hydrogens is 328 g/mol. The van der Waals surface area contributed by atoms with Crippen LogP contribution in [-0.4, -0.2) is 44.6 Å². The molecule has 1 aromatic carbocycles. The predicted octanol–water partition coefficient (Wildman–Crippen LogP) is 2.90. The molecule has 6 nitrogen and oxygen atoms in total. The van der Waals surface area contributed by atoms with E-state index in [4.69, 9.17) is 4.74 Å². The summed E-state index contributed by atoms with van der Waals surface area (Å²) in [6.45, 7) is 3.22. The first-order chi connectivity index (χ1) is 12.7. The van der Waals surface area contributed by atoms with Gasteiger partial charge in [-0.25, -0.2) is 0 Å². The number of likely N-dealkylation sites (tertiary alicyclic amines) is 1. The summed E-state index contributed by atoms with van der Waals surface area (Å²) in [6.07, 6.45) is 3.43. The predicted molar refractivity (Wildman–Crippen MR) is 98.1 cm³/mol. The van der Waals surface area contributed by atoms with Crippen molar-refractivity contribution in [2.75, 3.05) is 13.1 Å². The van der Waals surface area contributed by atoms with Crippen molar-refractivity contribution in [2.24, 2.45) is 0 Å². The summed E-state index contributed by atoms with van der Waals surface area (Å²) in [6, 6.07) is 15.3. The molecule has 2 aromatic heterocycles. The van der Waals surface area contributed by atoms with Gasteiger partial charge in [0.15, 0.2) is 11.8 Å². The maximum absolute atomic E-state index is 12.8. The third-order valence-electron chi connectivity index (χ3n) is 4.84. The monoisotopic (exact) mass is 350 g/mol. The quantitative estimate of drug-likeness (QED) is 0.726. The van der Waals surface area contributed by atoms with Crippen LogP contribution in [0.2, 0.25) is 0 Å². The number of aromatic nitrogens is 3. The Hall–Kier alpha value is -2.89. The van der Waals surface area contributed by atoms with Crippen molar-refractivity contribution in [3.05, 3.63) is 60.6 Å². The average molecular weight is 350 g/mol. The zero-order chi connectivity index (χ0) is 17.9. The topological polar surface area (TPSA) is 59.7 Å². The fourth-order valence-electron chi connectivity index (χ4n) is 3.54. The number of benzene rings is 1. The zero-order valence-electron chi connectivity index (χ0n) is 14.8. The second-order valence-electron chi connectivity index (χ2n) is 6.68. The second-order valence-corrected chi connectivity index (χ2v) is 6.68. The molecule has 0 spiro atoms. The number of fused-ring (bicyclic) bond motifs is 1. The number of carbonyl (C=O) groups is 1. The van der Waals surface area contributed by atoms with Gasteiger partial charge in [-0.05, 0) is 44.0 Å². The number of hydrogen-bond acceptors (Lipinski definition) is 4. The fraction of sp³-hybridized carbons (Fsp3) is 0.350. The summed E-state index contributed by atoms with van der Waals surface area (Å²) < 4.78 is 7.82. The lowest BCUT2D eigenvalue weighted by Crippen LogP contribution is -2.45. The standard InChI is InChI=1S/C20H22N4O2/c1-15(26-17-9-3-2-4-10-17)20(25)23-12-7-8-16(14-23)19-22-21-18-11-5-6-13-24(18)19/h2-6,9-11,13,15-16H,7-8,12,14H2,1H3/t15-,16-/m0/s1. The Labute approximate surface area is 152 Å². The Morgan fingerprint density at radius 2 is 1.96 bits per heavy atom. The van der Waals surface area contributed by atoms with Gasteiger partial charge in [0.1, 0.15) is 11.6 Å². The van der Waals surface area contributed by atoms with Gasteiger partial charge in [0.25, 0.3) is 5.91 Å². The van der Waals surface area contributed by atoms with Crippen LogP contribution in [0.3, 0.4) is 0 Å². The van der Waals surface area contributed by atoms with Gasteiger partial charge >= 0.3 is 0 Å². The van der Waals surface area contributed by atoms with Gasteiger partial charge in [-0.15, -0.1) is 10.2 Å². The third kappa shape index (κ3) is 3.27. The lowest BCUT2D eigenvalue weighted by molar-refractivity contribution is -0.139. The summed E-state index contributed by atoms with van der Waals surface area (Å²) in [4.78, 5) is 14.7. The van der Waals surface area contributed by atoms with Crippen molar-refractivity contribution in [1.82, 2.24) is 19.5 Å². The Morgan fingerprint density at radius 1 is 1.15 bits per heavy atom. The first-order valence-corrected chi connectivity index (χ1v) is 9.02. The molecule has 6 heteroatoms. The molecule has 4 rings (SSSR count).